The van der Waals surface area contributed by atoms with Crippen LogP contribution in [0.1, 0.15) is 6.42 Å². The molecular weight excluding hydrogens is 292 g/mol. The lowest BCUT2D eigenvalue weighted by Crippen LogP contribution is -2.65. The summed E-state index contributed by atoms with van der Waals surface area (Å²) in [5, 5.41) is 25.1. The Morgan fingerprint density at radius 1 is 0.810 bits per heavy atom. The van der Waals surface area contributed by atoms with Crippen molar-refractivity contribution in [1.29, 1.82) is 0 Å². The lowest BCUT2D eigenvalue weighted by atomic mass is 9.81. The average molecular weight is 300 g/mol. The molecule has 2 unspecified atom stereocenters. The SMILES string of the molecule is O=C1NC(=O)C(CC2(C(=O)O)NC(=O)NC2=O)(C(=O)O)N1. The van der Waals surface area contributed by atoms with Crippen LogP contribution in [-0.4, -0.2) is 57.1 Å². The average Bonchev–Trinajstić information content (AvgIpc) is 2.78. The summed E-state index contributed by atoms with van der Waals surface area (Å²) in [6, 6.07) is -2.32. The van der Waals surface area contributed by atoms with E-state index in [0.717, 1.165) is 0 Å². The molecule has 6 amide bonds. The molecule has 0 bridgehead atoms. The Morgan fingerprint density at radius 2 is 1.14 bits per heavy atom. The molecule has 0 aromatic rings. The van der Waals surface area contributed by atoms with Crippen molar-refractivity contribution in [3.8, 4) is 0 Å². The number of rotatable bonds is 4. The molecule has 0 radical (unpaired) electrons. The molecule has 0 aromatic carbocycles. The number of carboxylic acids is 2. The Labute approximate surface area is 114 Å². The van der Waals surface area contributed by atoms with E-state index in [2.05, 4.69) is 0 Å². The molecule has 2 fully saturated rings. The van der Waals surface area contributed by atoms with Crippen LogP contribution < -0.4 is 21.3 Å². The van der Waals surface area contributed by atoms with Crippen LogP contribution in [0.3, 0.4) is 0 Å². The third-order valence-corrected chi connectivity index (χ3v) is 3.14. The van der Waals surface area contributed by atoms with Crippen molar-refractivity contribution >= 4 is 35.8 Å². The normalized spacial score (nSPS) is 31.2. The van der Waals surface area contributed by atoms with Crippen LogP contribution in [0.4, 0.5) is 9.59 Å². The lowest BCUT2D eigenvalue weighted by molar-refractivity contribution is -0.154. The third-order valence-electron chi connectivity index (χ3n) is 3.14. The van der Waals surface area contributed by atoms with Crippen LogP contribution in [0.2, 0.25) is 0 Å². The molecule has 2 aliphatic heterocycles. The van der Waals surface area contributed by atoms with E-state index in [-0.39, 0.29) is 0 Å². The number of carbonyl (C=O) groups is 6. The van der Waals surface area contributed by atoms with Crippen molar-refractivity contribution < 1.29 is 39.0 Å². The molecule has 2 heterocycles. The second kappa shape index (κ2) is 4.16. The first-order chi connectivity index (χ1) is 9.64. The zero-order valence-electron chi connectivity index (χ0n) is 10.1. The molecule has 0 saturated carbocycles. The maximum absolute atomic E-state index is 11.7. The minimum Gasteiger partial charge on any atom is -0.479 e. The molecule has 6 N–H and O–H groups in total. The first-order valence-electron chi connectivity index (χ1n) is 5.38. The van der Waals surface area contributed by atoms with Gasteiger partial charge in [0.25, 0.3) is 11.8 Å². The highest BCUT2D eigenvalue weighted by Crippen LogP contribution is 2.27. The molecular formula is C9H8N4O8. The largest absolute Gasteiger partial charge is 0.479 e. The number of urea groups is 2. The summed E-state index contributed by atoms with van der Waals surface area (Å²) < 4.78 is 0. The Balaban J connectivity index is 2.49. The maximum atomic E-state index is 11.7. The highest BCUT2D eigenvalue weighted by Gasteiger charge is 2.64. The van der Waals surface area contributed by atoms with E-state index in [4.69, 9.17) is 10.2 Å². The summed E-state index contributed by atoms with van der Waals surface area (Å²) in [4.78, 5) is 68.2. The number of carbonyl (C=O) groups excluding carboxylic acids is 4. The molecule has 12 heteroatoms. The summed E-state index contributed by atoms with van der Waals surface area (Å²) in [6.07, 6.45) is -1.19. The van der Waals surface area contributed by atoms with Crippen molar-refractivity contribution in [2.75, 3.05) is 0 Å². The molecule has 0 aliphatic carbocycles. The van der Waals surface area contributed by atoms with E-state index in [9.17, 15) is 28.8 Å². The van der Waals surface area contributed by atoms with Gasteiger partial charge < -0.3 is 20.8 Å². The maximum Gasteiger partial charge on any atom is 0.339 e. The van der Waals surface area contributed by atoms with Crippen LogP contribution in [0.5, 0.6) is 0 Å². The second-order valence-electron chi connectivity index (χ2n) is 4.41. The molecule has 0 aromatic heterocycles. The minimum absolute atomic E-state index is 1.16. The zero-order valence-corrected chi connectivity index (χ0v) is 10.1. The lowest BCUT2D eigenvalue weighted by Gasteiger charge is -2.29. The standard InChI is InChI=1S/C9H8N4O8/c14-2-8(4(16)17,12-6(20)10-2)1-9(5(18)19)3(15)11-7(21)13-9/h1H2,(H,16,17)(H,18,19)(H2,10,12,14,20)(H2,11,13,15,21). The summed E-state index contributed by atoms with van der Waals surface area (Å²) >= 11 is 0. The van der Waals surface area contributed by atoms with Gasteiger partial charge in [0.2, 0.25) is 11.1 Å². The van der Waals surface area contributed by atoms with Crippen molar-refractivity contribution in [2.45, 2.75) is 17.5 Å². The monoisotopic (exact) mass is 300 g/mol. The Hall–Kier alpha value is -3.18. The van der Waals surface area contributed by atoms with Gasteiger partial charge in [-0.1, -0.05) is 0 Å². The zero-order chi connectivity index (χ0) is 16.0. The van der Waals surface area contributed by atoms with E-state index >= 15 is 0 Å². The van der Waals surface area contributed by atoms with E-state index in [1.165, 1.54) is 0 Å². The van der Waals surface area contributed by atoms with Gasteiger partial charge in [-0.25, -0.2) is 19.2 Å². The van der Waals surface area contributed by atoms with Gasteiger partial charge in [0, 0.05) is 6.42 Å². The highest BCUT2D eigenvalue weighted by molar-refractivity contribution is 6.23. The van der Waals surface area contributed by atoms with Gasteiger partial charge in [-0.15, -0.1) is 0 Å². The van der Waals surface area contributed by atoms with Crippen LogP contribution in [0.15, 0.2) is 0 Å². The van der Waals surface area contributed by atoms with Crippen molar-refractivity contribution in [3.63, 3.8) is 0 Å². The molecule has 2 atom stereocenters. The van der Waals surface area contributed by atoms with Crippen LogP contribution >= 0.6 is 0 Å². The van der Waals surface area contributed by atoms with E-state index in [1.54, 1.807) is 21.3 Å². The molecule has 112 valence electrons. The summed E-state index contributed by atoms with van der Waals surface area (Å²) in [7, 11) is 0. The number of amides is 6. The van der Waals surface area contributed by atoms with E-state index in [1.807, 2.05) is 0 Å². The molecule has 0 spiro atoms. The van der Waals surface area contributed by atoms with E-state index < -0.39 is 53.3 Å². The Bertz CT molecular complexity index is 563. The number of carboxylic acid groups (broad SMARTS) is 2. The fraction of sp³-hybridized carbons (Fsp3) is 0.333. The van der Waals surface area contributed by atoms with Crippen molar-refractivity contribution in [1.82, 2.24) is 21.3 Å². The number of imide groups is 2. The molecule has 21 heavy (non-hydrogen) atoms. The Kier molecular flexibility index (Phi) is 2.82. The Morgan fingerprint density at radius 3 is 1.33 bits per heavy atom. The van der Waals surface area contributed by atoms with Crippen molar-refractivity contribution in [2.24, 2.45) is 0 Å². The van der Waals surface area contributed by atoms with Crippen LogP contribution in [0, 0.1) is 0 Å². The summed E-state index contributed by atoms with van der Waals surface area (Å²) in [5.74, 6) is -6.43. The van der Waals surface area contributed by atoms with Crippen LogP contribution in [0.25, 0.3) is 0 Å². The number of hydrogen-bond donors (Lipinski definition) is 6. The van der Waals surface area contributed by atoms with Gasteiger partial charge in [-0.05, 0) is 0 Å². The fourth-order valence-corrected chi connectivity index (χ4v) is 2.08. The molecule has 2 saturated heterocycles. The van der Waals surface area contributed by atoms with Gasteiger partial charge in [0.05, 0.1) is 0 Å². The van der Waals surface area contributed by atoms with Crippen molar-refractivity contribution in [3.05, 3.63) is 0 Å². The molecule has 2 rings (SSSR count). The fourth-order valence-electron chi connectivity index (χ4n) is 2.08. The minimum atomic E-state index is -2.69. The third kappa shape index (κ3) is 1.84. The van der Waals surface area contributed by atoms with Gasteiger partial charge in [0.15, 0.2) is 0 Å². The second-order valence-corrected chi connectivity index (χ2v) is 4.41. The molecule has 12 nitrogen and oxygen atoms in total. The number of hydrogen-bond acceptors (Lipinski definition) is 6. The van der Waals surface area contributed by atoms with Gasteiger partial charge in [-0.2, -0.15) is 0 Å². The first kappa shape index (κ1) is 14.2. The molecule has 2 aliphatic rings. The predicted molar refractivity (Wildman–Crippen MR) is 58.7 cm³/mol. The number of nitrogens with one attached hydrogen (secondary N) is 4. The summed E-state index contributed by atoms with van der Waals surface area (Å²) in [5.41, 5.74) is -5.38. The van der Waals surface area contributed by atoms with Gasteiger partial charge in [0.1, 0.15) is 0 Å². The smallest absolute Gasteiger partial charge is 0.339 e. The predicted octanol–water partition coefficient (Wildman–Crippen LogP) is -3.30. The van der Waals surface area contributed by atoms with Gasteiger partial charge >= 0.3 is 24.0 Å². The van der Waals surface area contributed by atoms with Crippen LogP contribution in [-0.2, 0) is 19.2 Å². The first-order valence-corrected chi connectivity index (χ1v) is 5.38. The van der Waals surface area contributed by atoms with E-state index in [0.29, 0.717) is 0 Å². The topological polar surface area (TPSA) is 191 Å². The quantitative estimate of drug-likeness (QED) is 0.229. The summed E-state index contributed by atoms with van der Waals surface area (Å²) in [6.45, 7) is 0. The highest BCUT2D eigenvalue weighted by atomic mass is 16.4. The van der Waals surface area contributed by atoms with Gasteiger partial charge in [-0.3, -0.25) is 20.2 Å². The number of aliphatic carboxylic acids is 2.